The molecule has 0 saturated heterocycles. The van der Waals surface area contributed by atoms with Gasteiger partial charge >= 0.3 is 0 Å². The molecule has 0 radical (unpaired) electrons. The number of para-hydroxylation sites is 1. The van der Waals surface area contributed by atoms with Gasteiger partial charge in [0.15, 0.2) is 0 Å². The van der Waals surface area contributed by atoms with Crippen molar-refractivity contribution in [2.24, 2.45) is 5.92 Å². The molecule has 0 bridgehead atoms. The lowest BCUT2D eigenvalue weighted by Gasteiger charge is -2.30. The number of carbonyl (C=O) groups excluding carboxylic acids is 1. The highest BCUT2D eigenvalue weighted by Gasteiger charge is 2.24. The van der Waals surface area contributed by atoms with Gasteiger partial charge in [-0.25, -0.2) is 0 Å². The largest absolute Gasteiger partial charge is 0.358 e. The Balaban J connectivity index is 0.00000220. The van der Waals surface area contributed by atoms with E-state index in [0.717, 1.165) is 26.2 Å². The number of nitrogens with zero attached hydrogens (tertiary/aromatic N) is 1. The van der Waals surface area contributed by atoms with E-state index < -0.39 is 0 Å². The van der Waals surface area contributed by atoms with E-state index in [-0.39, 0.29) is 24.4 Å². The number of amides is 1. The third-order valence-electron chi connectivity index (χ3n) is 3.68. The second kappa shape index (κ2) is 8.25. The predicted octanol–water partition coefficient (Wildman–Crippen LogP) is 2.18. The molecular weight excluding hydrogens is 286 g/mol. The van der Waals surface area contributed by atoms with Crippen LogP contribution in [0.4, 0.5) is 5.69 Å². The molecule has 0 aliphatic carbocycles. The molecule has 1 aromatic carbocycles. The molecule has 0 fully saturated rings. The summed E-state index contributed by atoms with van der Waals surface area (Å²) in [5, 5.41) is 6.43. The summed E-state index contributed by atoms with van der Waals surface area (Å²) in [7, 11) is 0. The van der Waals surface area contributed by atoms with Gasteiger partial charge in [-0.15, -0.1) is 12.4 Å². The van der Waals surface area contributed by atoms with E-state index in [4.69, 9.17) is 0 Å². The lowest BCUT2D eigenvalue weighted by Crippen LogP contribution is -2.47. The van der Waals surface area contributed by atoms with Crippen LogP contribution in [0.25, 0.3) is 0 Å². The Morgan fingerprint density at radius 3 is 2.76 bits per heavy atom. The van der Waals surface area contributed by atoms with E-state index in [1.165, 1.54) is 11.3 Å². The summed E-state index contributed by atoms with van der Waals surface area (Å²) in [4.78, 5) is 14.5. The highest BCUT2D eigenvalue weighted by Crippen LogP contribution is 2.24. The molecule has 21 heavy (non-hydrogen) atoms. The van der Waals surface area contributed by atoms with E-state index >= 15 is 0 Å². The second-order valence-electron chi connectivity index (χ2n) is 5.81. The molecule has 2 rings (SSSR count). The fourth-order valence-corrected chi connectivity index (χ4v) is 2.48. The standard InChI is InChI=1S/C16H25N3O.ClH/c1-12(2)10-18-16(20)13(3)19-9-8-17-11-14-6-4-5-7-15(14)19;/h4-7,12-13,17H,8-11H2,1-3H3,(H,18,20);1H. The van der Waals surface area contributed by atoms with Gasteiger partial charge in [0.2, 0.25) is 5.91 Å². The molecule has 1 heterocycles. The molecule has 1 aliphatic heterocycles. The molecule has 1 aliphatic rings. The minimum atomic E-state index is -0.144. The minimum Gasteiger partial charge on any atom is -0.358 e. The van der Waals surface area contributed by atoms with Crippen LogP contribution in [0, 0.1) is 5.92 Å². The van der Waals surface area contributed by atoms with Crippen LogP contribution in [-0.2, 0) is 11.3 Å². The SMILES string of the molecule is CC(C)CNC(=O)C(C)N1CCNCc2ccccc21.Cl. The summed E-state index contributed by atoms with van der Waals surface area (Å²) >= 11 is 0. The van der Waals surface area contributed by atoms with Crippen LogP contribution in [-0.4, -0.2) is 31.6 Å². The molecule has 4 nitrogen and oxygen atoms in total. The van der Waals surface area contributed by atoms with Crippen LogP contribution >= 0.6 is 12.4 Å². The van der Waals surface area contributed by atoms with Gasteiger partial charge in [0.1, 0.15) is 6.04 Å². The summed E-state index contributed by atoms with van der Waals surface area (Å²) in [6.45, 7) is 9.55. The second-order valence-corrected chi connectivity index (χ2v) is 5.81. The van der Waals surface area contributed by atoms with Crippen LogP contribution in [0.1, 0.15) is 26.3 Å². The Labute approximate surface area is 133 Å². The first kappa shape index (κ1) is 17.8. The maximum Gasteiger partial charge on any atom is 0.242 e. The third-order valence-corrected chi connectivity index (χ3v) is 3.68. The van der Waals surface area contributed by atoms with Crippen molar-refractivity contribution < 1.29 is 4.79 Å². The molecule has 0 aromatic heterocycles. The monoisotopic (exact) mass is 311 g/mol. The summed E-state index contributed by atoms with van der Waals surface area (Å²) < 4.78 is 0. The van der Waals surface area contributed by atoms with E-state index in [1.807, 2.05) is 19.1 Å². The maximum absolute atomic E-state index is 12.3. The topological polar surface area (TPSA) is 44.4 Å². The Morgan fingerprint density at radius 2 is 2.05 bits per heavy atom. The van der Waals surface area contributed by atoms with E-state index in [9.17, 15) is 4.79 Å². The van der Waals surface area contributed by atoms with Gasteiger partial charge in [0.25, 0.3) is 0 Å². The number of halogens is 1. The Morgan fingerprint density at radius 1 is 1.33 bits per heavy atom. The number of fused-ring (bicyclic) bond motifs is 1. The van der Waals surface area contributed by atoms with Crippen molar-refractivity contribution in [1.29, 1.82) is 0 Å². The van der Waals surface area contributed by atoms with Gasteiger partial charge in [-0.05, 0) is 24.5 Å². The number of rotatable bonds is 4. The molecule has 0 saturated carbocycles. The van der Waals surface area contributed by atoms with Crippen LogP contribution < -0.4 is 15.5 Å². The molecule has 2 N–H and O–H groups in total. The highest BCUT2D eigenvalue weighted by atomic mass is 35.5. The minimum absolute atomic E-state index is 0. The molecule has 1 amide bonds. The number of carbonyl (C=O) groups is 1. The van der Waals surface area contributed by atoms with E-state index in [2.05, 4.69) is 41.5 Å². The summed E-state index contributed by atoms with van der Waals surface area (Å²) in [5.74, 6) is 0.583. The molecular formula is C16H26ClN3O. The van der Waals surface area contributed by atoms with Crippen molar-refractivity contribution in [2.75, 3.05) is 24.5 Å². The van der Waals surface area contributed by atoms with E-state index in [0.29, 0.717) is 5.92 Å². The molecule has 5 heteroatoms. The summed E-state index contributed by atoms with van der Waals surface area (Å²) in [6.07, 6.45) is 0. The molecule has 1 atom stereocenters. The van der Waals surface area contributed by atoms with Gasteiger partial charge in [-0.3, -0.25) is 4.79 Å². The number of hydrogen-bond donors (Lipinski definition) is 2. The number of anilines is 1. The summed E-state index contributed by atoms with van der Waals surface area (Å²) in [6, 6.07) is 8.17. The zero-order valence-corrected chi connectivity index (χ0v) is 13.9. The maximum atomic E-state index is 12.3. The van der Waals surface area contributed by atoms with Crippen LogP contribution in [0.3, 0.4) is 0 Å². The Kier molecular flexibility index (Phi) is 6.99. The first-order valence-electron chi connectivity index (χ1n) is 7.42. The van der Waals surface area contributed by atoms with E-state index in [1.54, 1.807) is 0 Å². The van der Waals surface area contributed by atoms with Gasteiger partial charge in [-0.2, -0.15) is 0 Å². The molecule has 118 valence electrons. The fraction of sp³-hybridized carbons (Fsp3) is 0.562. The van der Waals surface area contributed by atoms with Crippen LogP contribution in [0.15, 0.2) is 24.3 Å². The van der Waals surface area contributed by atoms with Crippen molar-refractivity contribution in [3.8, 4) is 0 Å². The zero-order chi connectivity index (χ0) is 14.5. The van der Waals surface area contributed by atoms with Gasteiger partial charge < -0.3 is 15.5 Å². The molecule has 0 spiro atoms. The third kappa shape index (κ3) is 4.61. The van der Waals surface area contributed by atoms with Crippen molar-refractivity contribution >= 4 is 24.0 Å². The van der Waals surface area contributed by atoms with Crippen molar-refractivity contribution in [3.05, 3.63) is 29.8 Å². The smallest absolute Gasteiger partial charge is 0.242 e. The fourth-order valence-electron chi connectivity index (χ4n) is 2.48. The number of nitrogens with one attached hydrogen (secondary N) is 2. The highest BCUT2D eigenvalue weighted by molar-refractivity contribution is 5.85. The first-order valence-corrected chi connectivity index (χ1v) is 7.42. The quantitative estimate of drug-likeness (QED) is 0.896. The van der Waals surface area contributed by atoms with Crippen molar-refractivity contribution in [2.45, 2.75) is 33.4 Å². The Bertz CT molecular complexity index is 465. The lowest BCUT2D eigenvalue weighted by molar-refractivity contribution is -0.122. The number of benzene rings is 1. The predicted molar refractivity (Wildman–Crippen MR) is 90.1 cm³/mol. The normalized spacial score (nSPS) is 15.7. The number of hydrogen-bond acceptors (Lipinski definition) is 3. The van der Waals surface area contributed by atoms with Crippen LogP contribution in [0.2, 0.25) is 0 Å². The summed E-state index contributed by atoms with van der Waals surface area (Å²) in [5.41, 5.74) is 2.43. The average molecular weight is 312 g/mol. The van der Waals surface area contributed by atoms with Gasteiger partial charge in [-0.1, -0.05) is 32.0 Å². The lowest BCUT2D eigenvalue weighted by atomic mass is 10.1. The molecule has 1 unspecified atom stereocenters. The Hall–Kier alpha value is -1.26. The van der Waals surface area contributed by atoms with Crippen molar-refractivity contribution in [1.82, 2.24) is 10.6 Å². The first-order chi connectivity index (χ1) is 9.59. The average Bonchev–Trinajstić information content (AvgIpc) is 2.66. The molecule has 1 aromatic rings. The van der Waals surface area contributed by atoms with Crippen LogP contribution in [0.5, 0.6) is 0 Å². The van der Waals surface area contributed by atoms with Gasteiger partial charge in [0, 0.05) is 31.9 Å². The van der Waals surface area contributed by atoms with Crippen molar-refractivity contribution in [3.63, 3.8) is 0 Å². The zero-order valence-electron chi connectivity index (χ0n) is 13.1. The van der Waals surface area contributed by atoms with Gasteiger partial charge in [0.05, 0.1) is 0 Å².